The summed E-state index contributed by atoms with van der Waals surface area (Å²) >= 11 is 0. The van der Waals surface area contributed by atoms with E-state index >= 15 is 0 Å². The van der Waals surface area contributed by atoms with Gasteiger partial charge in [0.15, 0.2) is 0 Å². The zero-order valence-corrected chi connectivity index (χ0v) is 46.2. The molecule has 1 spiro atoms. The average Bonchev–Trinajstić information content (AvgIpc) is 2.29. The van der Waals surface area contributed by atoms with E-state index in [2.05, 4.69) is 333 Å². The Labute approximate surface area is 489 Å². The van der Waals surface area contributed by atoms with Gasteiger partial charge in [0.1, 0.15) is 0 Å². The topological polar surface area (TPSA) is 19.6 Å². The summed E-state index contributed by atoms with van der Waals surface area (Å²) in [7, 11) is 0. The van der Waals surface area contributed by atoms with Crippen LogP contribution in [0.25, 0.3) is 54.9 Å². The first-order valence-corrected chi connectivity index (χ1v) is 29.5. The van der Waals surface area contributed by atoms with E-state index < -0.39 is 5.41 Å². The van der Waals surface area contributed by atoms with Crippen molar-refractivity contribution in [2.75, 3.05) is 14.7 Å². The normalized spacial score (nSPS) is 16.4. The molecular formula is C79H57N5. The molecule has 3 aliphatic carbocycles. The summed E-state index contributed by atoms with van der Waals surface area (Å²) < 4.78 is 4.95. The van der Waals surface area contributed by atoms with Crippen molar-refractivity contribution in [3.63, 3.8) is 0 Å². The van der Waals surface area contributed by atoms with E-state index in [1.165, 1.54) is 88.4 Å². The van der Waals surface area contributed by atoms with Crippen LogP contribution in [0.15, 0.2) is 315 Å². The predicted octanol–water partition coefficient (Wildman–Crippen LogP) is 20.5. The molecule has 11 aromatic carbocycles. The molecule has 2 unspecified atom stereocenters. The van der Waals surface area contributed by atoms with Crippen LogP contribution in [0.5, 0.6) is 0 Å². The Bertz CT molecular complexity index is 4820. The Hall–Kier alpha value is -10.6. The second-order valence-electron chi connectivity index (χ2n) is 22.7. The van der Waals surface area contributed by atoms with Crippen LogP contribution in [-0.4, -0.2) is 15.2 Å². The standard InChI is InChI=1S/C79H57N5/c1-6-24-54(25-7-1)80(59-44-48-75-67(50-59)65-34-16-20-38-73(65)82(75)56-28-10-3-11-29-56)61-42-46-63-64-47-43-62(53-72(64)79(71(63)52-61)69-36-18-22-40-77(69)84(58-32-14-5-15-33-58)78-41-23-19-37-70(78)79)81(55-26-8-2-9-27-55)60-45-49-76-68(51-60)66-35-17-21-39-74(66)83(76)57-30-12-4-13-31-57/h1-30,32-51,53,57,61H,31,52H2. The zero-order valence-electron chi connectivity index (χ0n) is 46.2. The summed E-state index contributed by atoms with van der Waals surface area (Å²) in [5.74, 6) is 0. The fraction of sp³-hybridized carbons (Fsp3) is 0.0633. The number of benzene rings is 11. The molecule has 0 radical (unpaired) electrons. The quantitative estimate of drug-likeness (QED) is 0.144. The largest absolute Gasteiger partial charge is 0.334 e. The fourth-order valence-corrected chi connectivity index (χ4v) is 14.9. The predicted molar refractivity (Wildman–Crippen MR) is 351 cm³/mol. The Morgan fingerprint density at radius 2 is 0.929 bits per heavy atom. The van der Waals surface area contributed by atoms with Gasteiger partial charge < -0.3 is 23.8 Å². The molecule has 5 nitrogen and oxygen atoms in total. The van der Waals surface area contributed by atoms with E-state index in [0.717, 1.165) is 52.7 Å². The van der Waals surface area contributed by atoms with Crippen LogP contribution in [0.4, 0.5) is 45.5 Å². The summed E-state index contributed by atoms with van der Waals surface area (Å²) in [6, 6.07) is 102. The highest BCUT2D eigenvalue weighted by Crippen LogP contribution is 2.65. The maximum absolute atomic E-state index is 2.60. The van der Waals surface area contributed by atoms with Crippen molar-refractivity contribution in [3.8, 4) is 5.69 Å². The van der Waals surface area contributed by atoms with Crippen molar-refractivity contribution in [1.82, 2.24) is 9.13 Å². The lowest BCUT2D eigenvalue weighted by atomic mass is 9.62. The molecule has 17 rings (SSSR count). The average molecular weight is 1080 g/mol. The van der Waals surface area contributed by atoms with E-state index in [1.807, 2.05) is 0 Å². The number of hydrogen-bond acceptors (Lipinski definition) is 3. The summed E-state index contributed by atoms with van der Waals surface area (Å²) in [6.45, 7) is 0. The summed E-state index contributed by atoms with van der Waals surface area (Å²) in [6.07, 6.45) is 15.7. The molecule has 1 aliphatic heterocycles. The van der Waals surface area contributed by atoms with E-state index in [0.29, 0.717) is 0 Å². The number of fused-ring (bicyclic) bond motifs is 14. The summed E-state index contributed by atoms with van der Waals surface area (Å²) in [4.78, 5) is 7.57. The van der Waals surface area contributed by atoms with Gasteiger partial charge in [-0.1, -0.05) is 188 Å². The SMILES string of the molecule is C1=CCC(n2c3ccccc3c3cc(N(c4ccccc4)c4ccc5c(c4)C4(C6=C5C=CC(N(c5ccccc5)c5ccc7c(c5)c5ccccc5n7-c5ccccc5)C6)c5ccccc5N(c5ccccc5)c5ccccc54)ccc32)C=C1. The lowest BCUT2D eigenvalue weighted by Crippen LogP contribution is -2.40. The number of para-hydroxylation sites is 8. The Balaban J connectivity index is 0.873. The Morgan fingerprint density at radius 1 is 0.393 bits per heavy atom. The molecule has 13 aromatic rings. The second kappa shape index (κ2) is 19.3. The molecule has 2 atom stereocenters. The number of rotatable bonds is 9. The lowest BCUT2D eigenvalue weighted by molar-refractivity contribution is 0.647. The van der Waals surface area contributed by atoms with Crippen LogP contribution in [0.3, 0.4) is 0 Å². The van der Waals surface area contributed by atoms with Gasteiger partial charge in [-0.2, -0.15) is 0 Å². The first kappa shape index (κ1) is 48.1. The van der Waals surface area contributed by atoms with Crippen LogP contribution >= 0.6 is 0 Å². The molecule has 0 bridgehead atoms. The minimum Gasteiger partial charge on any atom is -0.334 e. The molecule has 0 fully saturated rings. The minimum absolute atomic E-state index is 0.0435. The van der Waals surface area contributed by atoms with Crippen LogP contribution in [-0.2, 0) is 5.41 Å². The monoisotopic (exact) mass is 1080 g/mol. The third kappa shape index (κ3) is 7.21. The number of anilines is 8. The molecule has 2 aromatic heterocycles. The molecule has 84 heavy (non-hydrogen) atoms. The van der Waals surface area contributed by atoms with Gasteiger partial charge in [0, 0.05) is 72.4 Å². The smallest absolute Gasteiger partial charge is 0.0719 e. The van der Waals surface area contributed by atoms with Crippen molar-refractivity contribution in [3.05, 3.63) is 337 Å². The molecule has 5 heteroatoms. The van der Waals surface area contributed by atoms with E-state index in [9.17, 15) is 0 Å². The number of allylic oxidation sites excluding steroid dienone is 6. The van der Waals surface area contributed by atoms with Crippen molar-refractivity contribution in [1.29, 1.82) is 0 Å². The minimum atomic E-state index is -0.681. The fourth-order valence-electron chi connectivity index (χ4n) is 14.9. The van der Waals surface area contributed by atoms with Gasteiger partial charge in [-0.15, -0.1) is 0 Å². The van der Waals surface area contributed by atoms with Crippen LogP contribution in [0.2, 0.25) is 0 Å². The van der Waals surface area contributed by atoms with Gasteiger partial charge in [0.2, 0.25) is 0 Å². The third-order valence-corrected chi connectivity index (χ3v) is 18.3. The molecule has 4 aliphatic rings. The van der Waals surface area contributed by atoms with Crippen LogP contribution in [0, 0.1) is 0 Å². The highest BCUT2D eigenvalue weighted by atomic mass is 15.2. The molecule has 0 N–H and O–H groups in total. The van der Waals surface area contributed by atoms with Crippen molar-refractivity contribution < 1.29 is 0 Å². The van der Waals surface area contributed by atoms with Gasteiger partial charge in [-0.25, -0.2) is 0 Å². The van der Waals surface area contributed by atoms with Crippen molar-refractivity contribution >= 4 is 94.7 Å². The van der Waals surface area contributed by atoms with Gasteiger partial charge in [-0.05, 0) is 168 Å². The number of hydrogen-bond donors (Lipinski definition) is 0. The van der Waals surface area contributed by atoms with E-state index in [1.54, 1.807) is 0 Å². The van der Waals surface area contributed by atoms with Gasteiger partial charge >= 0.3 is 0 Å². The highest BCUT2D eigenvalue weighted by molar-refractivity contribution is 6.12. The third-order valence-electron chi connectivity index (χ3n) is 18.3. The molecule has 0 saturated heterocycles. The van der Waals surface area contributed by atoms with Crippen molar-refractivity contribution in [2.45, 2.75) is 30.3 Å². The van der Waals surface area contributed by atoms with Crippen LogP contribution < -0.4 is 14.7 Å². The summed E-state index contributed by atoms with van der Waals surface area (Å²) in [5, 5.41) is 4.98. The molecule has 398 valence electrons. The zero-order chi connectivity index (χ0) is 55.3. The summed E-state index contributed by atoms with van der Waals surface area (Å²) in [5.41, 5.74) is 22.3. The van der Waals surface area contributed by atoms with E-state index in [-0.39, 0.29) is 12.1 Å². The first-order valence-electron chi connectivity index (χ1n) is 29.5. The second-order valence-corrected chi connectivity index (χ2v) is 22.7. The lowest BCUT2D eigenvalue weighted by Gasteiger charge is -2.47. The first-order chi connectivity index (χ1) is 41.7. The molecule has 3 heterocycles. The molecular weight excluding hydrogens is 1020 g/mol. The van der Waals surface area contributed by atoms with E-state index in [4.69, 9.17) is 0 Å². The van der Waals surface area contributed by atoms with Gasteiger partial charge in [-0.3, -0.25) is 0 Å². The van der Waals surface area contributed by atoms with Crippen LogP contribution in [0.1, 0.15) is 41.1 Å². The highest BCUT2D eigenvalue weighted by Gasteiger charge is 2.54. The molecule has 0 saturated carbocycles. The van der Waals surface area contributed by atoms with Gasteiger partial charge in [0.05, 0.1) is 39.9 Å². The Morgan fingerprint density at radius 3 is 1.64 bits per heavy atom. The van der Waals surface area contributed by atoms with Crippen molar-refractivity contribution in [2.24, 2.45) is 0 Å². The maximum Gasteiger partial charge on any atom is 0.0719 e. The number of nitrogens with zero attached hydrogens (tertiary/aromatic N) is 5. The Kier molecular flexibility index (Phi) is 11.0. The van der Waals surface area contributed by atoms with Gasteiger partial charge in [0.25, 0.3) is 0 Å². The number of aromatic nitrogens is 2. The maximum atomic E-state index is 2.60. The molecule has 0 amide bonds.